The molecule has 1 unspecified atom stereocenters. The predicted molar refractivity (Wildman–Crippen MR) is 42.6 cm³/mol. The van der Waals surface area contributed by atoms with Crippen LogP contribution < -0.4 is 5.73 Å². The maximum absolute atomic E-state index is 10.5. The molecule has 0 radical (unpaired) electrons. The van der Waals surface area contributed by atoms with E-state index in [-0.39, 0.29) is 11.8 Å². The highest BCUT2D eigenvalue weighted by Gasteiger charge is 2.05. The zero-order chi connectivity index (χ0) is 7.98. The minimum atomic E-state index is -0.247. The molecule has 1 amide bonds. The summed E-state index contributed by atoms with van der Waals surface area (Å²) < 4.78 is 0. The number of rotatable bonds is 4. The van der Waals surface area contributed by atoms with Crippen molar-refractivity contribution in [2.75, 3.05) is 0 Å². The maximum atomic E-state index is 10.5. The summed E-state index contributed by atoms with van der Waals surface area (Å²) in [6, 6.07) is 0. The molecule has 0 aliphatic heterocycles. The first-order valence-corrected chi connectivity index (χ1v) is 3.66. The molecule has 0 saturated carbocycles. The fourth-order valence-corrected chi connectivity index (χ4v) is 0.677. The quantitative estimate of drug-likeness (QED) is 0.670. The number of hydrogen-bond acceptors (Lipinski definition) is 1. The standard InChI is InChI=1S/C7H12ClNO/c1-6(7(9)10)4-2-3-5-8/h3,5-6H,2,4H2,1H3,(H2,9,10)/b5-3-. The summed E-state index contributed by atoms with van der Waals surface area (Å²) in [5, 5.41) is 0. The number of primary amides is 1. The molecule has 10 heavy (non-hydrogen) atoms. The van der Waals surface area contributed by atoms with Gasteiger partial charge in [0.2, 0.25) is 5.91 Å². The fourth-order valence-electron chi connectivity index (χ4n) is 0.551. The van der Waals surface area contributed by atoms with Crippen molar-refractivity contribution in [3.05, 3.63) is 11.6 Å². The van der Waals surface area contributed by atoms with E-state index in [9.17, 15) is 4.79 Å². The second-order valence-electron chi connectivity index (χ2n) is 2.24. The number of hydrogen-bond donors (Lipinski definition) is 1. The van der Waals surface area contributed by atoms with E-state index in [0.717, 1.165) is 12.8 Å². The third-order valence-electron chi connectivity index (χ3n) is 1.34. The van der Waals surface area contributed by atoms with Gasteiger partial charge in [0, 0.05) is 11.5 Å². The van der Waals surface area contributed by atoms with Gasteiger partial charge in [-0.25, -0.2) is 0 Å². The number of allylic oxidation sites excluding steroid dienone is 1. The van der Waals surface area contributed by atoms with Crippen LogP contribution in [0.2, 0.25) is 0 Å². The molecule has 0 aromatic rings. The SMILES string of the molecule is CC(CC/C=C\Cl)C(N)=O. The van der Waals surface area contributed by atoms with E-state index in [1.807, 2.05) is 6.92 Å². The van der Waals surface area contributed by atoms with Crippen molar-refractivity contribution in [2.45, 2.75) is 19.8 Å². The van der Waals surface area contributed by atoms with Crippen LogP contribution in [0.1, 0.15) is 19.8 Å². The highest BCUT2D eigenvalue weighted by molar-refractivity contribution is 6.25. The molecule has 0 bridgehead atoms. The lowest BCUT2D eigenvalue weighted by Gasteiger charge is -2.02. The Balaban J connectivity index is 3.39. The van der Waals surface area contributed by atoms with E-state index in [2.05, 4.69) is 0 Å². The van der Waals surface area contributed by atoms with Crippen molar-refractivity contribution < 1.29 is 4.79 Å². The van der Waals surface area contributed by atoms with Gasteiger partial charge in [0.05, 0.1) is 0 Å². The molecule has 3 heteroatoms. The van der Waals surface area contributed by atoms with Gasteiger partial charge in [-0.2, -0.15) is 0 Å². The predicted octanol–water partition coefficient (Wildman–Crippen LogP) is 1.64. The molecule has 0 fully saturated rings. The Bertz CT molecular complexity index is 134. The molecule has 0 spiro atoms. The first kappa shape index (κ1) is 9.50. The van der Waals surface area contributed by atoms with Crippen LogP contribution in [0.25, 0.3) is 0 Å². The molecule has 58 valence electrons. The summed E-state index contributed by atoms with van der Waals surface area (Å²) in [7, 11) is 0. The summed E-state index contributed by atoms with van der Waals surface area (Å²) in [5.41, 5.74) is 6.47. The van der Waals surface area contributed by atoms with Crippen molar-refractivity contribution in [1.29, 1.82) is 0 Å². The number of halogens is 1. The largest absolute Gasteiger partial charge is 0.369 e. The van der Waals surface area contributed by atoms with Crippen LogP contribution in [0.3, 0.4) is 0 Å². The Labute approximate surface area is 66.0 Å². The molecule has 2 nitrogen and oxygen atoms in total. The minimum absolute atomic E-state index is 0.0483. The molecule has 0 saturated heterocycles. The van der Waals surface area contributed by atoms with Crippen molar-refractivity contribution in [2.24, 2.45) is 11.7 Å². The summed E-state index contributed by atoms with van der Waals surface area (Å²) in [6.45, 7) is 1.81. The molecule has 0 aromatic heterocycles. The van der Waals surface area contributed by atoms with Crippen LogP contribution in [0.15, 0.2) is 11.6 Å². The van der Waals surface area contributed by atoms with Crippen LogP contribution in [-0.4, -0.2) is 5.91 Å². The molecule has 0 heterocycles. The van der Waals surface area contributed by atoms with E-state index in [1.54, 1.807) is 6.08 Å². The lowest BCUT2D eigenvalue weighted by molar-refractivity contribution is -0.121. The second kappa shape index (κ2) is 5.30. The molecule has 2 N–H and O–H groups in total. The lowest BCUT2D eigenvalue weighted by Crippen LogP contribution is -2.20. The summed E-state index contributed by atoms with van der Waals surface area (Å²) in [5.74, 6) is -0.296. The Morgan fingerprint density at radius 2 is 2.40 bits per heavy atom. The normalized spacial score (nSPS) is 13.8. The van der Waals surface area contributed by atoms with Gasteiger partial charge in [0.1, 0.15) is 0 Å². The van der Waals surface area contributed by atoms with Crippen LogP contribution in [0, 0.1) is 5.92 Å². The number of amides is 1. The first-order chi connectivity index (χ1) is 4.68. The van der Waals surface area contributed by atoms with Gasteiger partial charge in [-0.15, -0.1) is 0 Å². The summed E-state index contributed by atoms with van der Waals surface area (Å²) in [6.07, 6.45) is 3.40. The van der Waals surface area contributed by atoms with Crippen LogP contribution in [-0.2, 0) is 4.79 Å². The molecule has 0 aromatic carbocycles. The Morgan fingerprint density at radius 3 is 2.80 bits per heavy atom. The highest BCUT2D eigenvalue weighted by atomic mass is 35.5. The summed E-state index contributed by atoms with van der Waals surface area (Å²) >= 11 is 5.27. The fraction of sp³-hybridized carbons (Fsp3) is 0.571. The summed E-state index contributed by atoms with van der Waals surface area (Å²) in [4.78, 5) is 10.5. The Kier molecular flexibility index (Phi) is 5.03. The number of nitrogens with two attached hydrogens (primary N) is 1. The van der Waals surface area contributed by atoms with E-state index < -0.39 is 0 Å². The molecular weight excluding hydrogens is 150 g/mol. The van der Waals surface area contributed by atoms with Gasteiger partial charge in [-0.1, -0.05) is 24.6 Å². The zero-order valence-electron chi connectivity index (χ0n) is 6.01. The van der Waals surface area contributed by atoms with E-state index >= 15 is 0 Å². The maximum Gasteiger partial charge on any atom is 0.220 e. The van der Waals surface area contributed by atoms with E-state index in [0.29, 0.717) is 0 Å². The van der Waals surface area contributed by atoms with Crippen LogP contribution in [0.4, 0.5) is 0 Å². The Morgan fingerprint density at radius 1 is 1.80 bits per heavy atom. The second-order valence-corrected chi connectivity index (χ2v) is 2.49. The van der Waals surface area contributed by atoms with Gasteiger partial charge in [-0.05, 0) is 12.8 Å². The number of carbonyl (C=O) groups excluding carboxylic acids is 1. The molecule has 0 aliphatic carbocycles. The molecular formula is C7H12ClNO. The van der Waals surface area contributed by atoms with Crippen LogP contribution >= 0.6 is 11.6 Å². The average molecular weight is 162 g/mol. The van der Waals surface area contributed by atoms with Crippen molar-refractivity contribution in [3.63, 3.8) is 0 Å². The van der Waals surface area contributed by atoms with E-state index in [4.69, 9.17) is 17.3 Å². The number of carbonyl (C=O) groups is 1. The van der Waals surface area contributed by atoms with Gasteiger partial charge in [0.25, 0.3) is 0 Å². The topological polar surface area (TPSA) is 43.1 Å². The van der Waals surface area contributed by atoms with Gasteiger partial charge < -0.3 is 5.73 Å². The Hall–Kier alpha value is -0.500. The van der Waals surface area contributed by atoms with Crippen molar-refractivity contribution in [1.82, 2.24) is 0 Å². The smallest absolute Gasteiger partial charge is 0.220 e. The first-order valence-electron chi connectivity index (χ1n) is 3.23. The minimum Gasteiger partial charge on any atom is -0.369 e. The monoisotopic (exact) mass is 161 g/mol. The molecule has 1 atom stereocenters. The van der Waals surface area contributed by atoms with Gasteiger partial charge >= 0.3 is 0 Å². The van der Waals surface area contributed by atoms with Crippen molar-refractivity contribution in [3.8, 4) is 0 Å². The third-order valence-corrected chi connectivity index (χ3v) is 1.52. The third kappa shape index (κ3) is 4.39. The van der Waals surface area contributed by atoms with Crippen molar-refractivity contribution >= 4 is 17.5 Å². The van der Waals surface area contributed by atoms with E-state index in [1.165, 1.54) is 5.54 Å². The highest BCUT2D eigenvalue weighted by Crippen LogP contribution is 2.04. The van der Waals surface area contributed by atoms with Gasteiger partial charge in [0.15, 0.2) is 0 Å². The zero-order valence-corrected chi connectivity index (χ0v) is 6.77. The van der Waals surface area contributed by atoms with Crippen LogP contribution in [0.5, 0.6) is 0 Å². The van der Waals surface area contributed by atoms with Gasteiger partial charge in [-0.3, -0.25) is 4.79 Å². The average Bonchev–Trinajstić information content (AvgIpc) is 1.88. The lowest BCUT2D eigenvalue weighted by atomic mass is 10.1. The molecule has 0 aliphatic rings. The molecule has 0 rings (SSSR count).